The molecule has 1 heterocycles. The fourth-order valence-electron chi connectivity index (χ4n) is 1.88. The zero-order chi connectivity index (χ0) is 11.4. The van der Waals surface area contributed by atoms with Crippen LogP contribution in [0.5, 0.6) is 5.75 Å². The van der Waals surface area contributed by atoms with Crippen LogP contribution in [0.25, 0.3) is 0 Å². The van der Waals surface area contributed by atoms with E-state index in [-0.39, 0.29) is 0 Å². The Morgan fingerprint density at radius 2 is 2.38 bits per heavy atom. The summed E-state index contributed by atoms with van der Waals surface area (Å²) in [7, 11) is 0. The molecule has 0 aromatic heterocycles. The predicted molar refractivity (Wildman–Crippen MR) is 67.0 cm³/mol. The molecule has 1 aromatic rings. The molecule has 1 aliphatic heterocycles. The van der Waals surface area contributed by atoms with Crippen molar-refractivity contribution in [2.45, 2.75) is 19.8 Å². The van der Waals surface area contributed by atoms with Gasteiger partial charge in [-0.3, -0.25) is 0 Å². The summed E-state index contributed by atoms with van der Waals surface area (Å²) in [6.45, 7) is 4.75. The number of nitrogens with one attached hydrogen (secondary N) is 1. The second-order valence-electron chi connectivity index (χ2n) is 4.48. The molecule has 0 radical (unpaired) electrons. The first-order chi connectivity index (χ1) is 7.79. The van der Waals surface area contributed by atoms with E-state index in [0.29, 0.717) is 5.92 Å². The van der Waals surface area contributed by atoms with Crippen molar-refractivity contribution in [3.63, 3.8) is 0 Å². The Bertz CT molecular complexity index is 352. The maximum absolute atomic E-state index is 5.58. The van der Waals surface area contributed by atoms with Gasteiger partial charge in [-0.15, -0.1) is 0 Å². The normalized spacial score (nSPS) is 15.4. The van der Waals surface area contributed by atoms with Gasteiger partial charge in [-0.25, -0.2) is 0 Å². The van der Waals surface area contributed by atoms with Crippen LogP contribution in [-0.4, -0.2) is 19.7 Å². The molecule has 1 unspecified atom stereocenters. The molecule has 0 bridgehead atoms. The van der Waals surface area contributed by atoms with Gasteiger partial charge in [0, 0.05) is 18.7 Å². The molecule has 0 fully saturated rings. The third-order valence-corrected chi connectivity index (χ3v) is 3.06. The number of nitrogens with two attached hydrogens (primary N) is 1. The molecule has 0 amide bonds. The first-order valence-electron chi connectivity index (χ1n) is 5.99. The Kier molecular flexibility index (Phi) is 3.67. The lowest BCUT2D eigenvalue weighted by molar-refractivity contribution is 0.357. The Labute approximate surface area is 97.0 Å². The van der Waals surface area contributed by atoms with Crippen LogP contribution in [0.3, 0.4) is 0 Å². The van der Waals surface area contributed by atoms with E-state index in [1.165, 1.54) is 11.3 Å². The minimum Gasteiger partial charge on any atom is -0.493 e. The maximum Gasteiger partial charge on any atom is 0.122 e. The number of hydrogen-bond donors (Lipinski definition) is 2. The highest BCUT2D eigenvalue weighted by Gasteiger charge is 2.11. The van der Waals surface area contributed by atoms with Crippen molar-refractivity contribution in [2.75, 3.05) is 25.0 Å². The van der Waals surface area contributed by atoms with Crippen molar-refractivity contribution in [3.05, 3.63) is 23.8 Å². The topological polar surface area (TPSA) is 47.3 Å². The van der Waals surface area contributed by atoms with Crippen molar-refractivity contribution in [3.8, 4) is 5.75 Å². The highest BCUT2D eigenvalue weighted by atomic mass is 16.5. The van der Waals surface area contributed by atoms with Gasteiger partial charge in [-0.05, 0) is 42.6 Å². The molecule has 16 heavy (non-hydrogen) atoms. The fraction of sp³-hybridized carbons (Fsp3) is 0.538. The van der Waals surface area contributed by atoms with Crippen LogP contribution in [0.15, 0.2) is 18.2 Å². The summed E-state index contributed by atoms with van der Waals surface area (Å²) < 4.78 is 5.47. The lowest BCUT2D eigenvalue weighted by Crippen LogP contribution is -2.14. The molecule has 0 saturated heterocycles. The lowest BCUT2D eigenvalue weighted by atomic mass is 10.1. The summed E-state index contributed by atoms with van der Waals surface area (Å²) in [5.41, 5.74) is 8.09. The van der Waals surface area contributed by atoms with Crippen LogP contribution >= 0.6 is 0 Å². The maximum atomic E-state index is 5.58. The fourth-order valence-corrected chi connectivity index (χ4v) is 1.88. The molecule has 3 nitrogen and oxygen atoms in total. The molecule has 0 spiro atoms. The van der Waals surface area contributed by atoms with Gasteiger partial charge in [0.05, 0.1) is 6.61 Å². The van der Waals surface area contributed by atoms with E-state index in [1.54, 1.807) is 0 Å². The second-order valence-corrected chi connectivity index (χ2v) is 4.48. The molecule has 1 atom stereocenters. The minimum atomic E-state index is 0.588. The Morgan fingerprint density at radius 3 is 3.19 bits per heavy atom. The van der Waals surface area contributed by atoms with E-state index < -0.39 is 0 Å². The highest BCUT2D eigenvalue weighted by Crippen LogP contribution is 2.27. The Morgan fingerprint density at radius 1 is 1.50 bits per heavy atom. The second kappa shape index (κ2) is 5.21. The van der Waals surface area contributed by atoms with Gasteiger partial charge in [-0.2, -0.15) is 0 Å². The summed E-state index contributed by atoms with van der Waals surface area (Å²) in [5, 5.41) is 3.43. The molecule has 0 saturated carbocycles. The van der Waals surface area contributed by atoms with Gasteiger partial charge in [-0.1, -0.05) is 6.92 Å². The molecule has 88 valence electrons. The zero-order valence-corrected chi connectivity index (χ0v) is 9.83. The van der Waals surface area contributed by atoms with E-state index in [2.05, 4.69) is 30.4 Å². The molecular formula is C13H20N2O. The Balaban J connectivity index is 1.86. The Hall–Kier alpha value is -1.22. The third kappa shape index (κ3) is 2.67. The SMILES string of the molecule is CC(CN)CCNc1ccc2c(c1)CCO2. The molecule has 0 aliphatic carbocycles. The van der Waals surface area contributed by atoms with Gasteiger partial charge >= 0.3 is 0 Å². The first-order valence-corrected chi connectivity index (χ1v) is 5.99. The van der Waals surface area contributed by atoms with E-state index in [4.69, 9.17) is 10.5 Å². The molecule has 2 rings (SSSR count). The van der Waals surface area contributed by atoms with Gasteiger partial charge in [0.2, 0.25) is 0 Å². The highest BCUT2D eigenvalue weighted by molar-refractivity contribution is 5.52. The van der Waals surface area contributed by atoms with Crippen molar-refractivity contribution in [1.29, 1.82) is 0 Å². The monoisotopic (exact) mass is 220 g/mol. The van der Waals surface area contributed by atoms with E-state index >= 15 is 0 Å². The number of hydrogen-bond acceptors (Lipinski definition) is 3. The number of rotatable bonds is 5. The van der Waals surface area contributed by atoms with Crippen molar-refractivity contribution in [2.24, 2.45) is 11.7 Å². The minimum absolute atomic E-state index is 0.588. The molecule has 3 N–H and O–H groups in total. The van der Waals surface area contributed by atoms with Crippen LogP contribution < -0.4 is 15.8 Å². The number of ether oxygens (including phenoxy) is 1. The van der Waals surface area contributed by atoms with Gasteiger partial charge in [0.25, 0.3) is 0 Å². The van der Waals surface area contributed by atoms with Gasteiger partial charge in [0.15, 0.2) is 0 Å². The van der Waals surface area contributed by atoms with E-state index in [1.807, 2.05) is 0 Å². The summed E-state index contributed by atoms with van der Waals surface area (Å²) in [6, 6.07) is 6.32. The molecule has 1 aliphatic rings. The van der Waals surface area contributed by atoms with Gasteiger partial charge < -0.3 is 15.8 Å². The van der Waals surface area contributed by atoms with E-state index in [0.717, 1.165) is 38.3 Å². The number of benzene rings is 1. The summed E-state index contributed by atoms with van der Waals surface area (Å²) in [4.78, 5) is 0. The smallest absolute Gasteiger partial charge is 0.122 e. The van der Waals surface area contributed by atoms with E-state index in [9.17, 15) is 0 Å². The van der Waals surface area contributed by atoms with Crippen molar-refractivity contribution >= 4 is 5.69 Å². The quantitative estimate of drug-likeness (QED) is 0.798. The summed E-state index contributed by atoms with van der Waals surface area (Å²) in [6.07, 6.45) is 2.15. The van der Waals surface area contributed by atoms with Gasteiger partial charge in [0.1, 0.15) is 5.75 Å². The van der Waals surface area contributed by atoms with Crippen LogP contribution in [0.4, 0.5) is 5.69 Å². The summed E-state index contributed by atoms with van der Waals surface area (Å²) >= 11 is 0. The van der Waals surface area contributed by atoms with Crippen LogP contribution in [0.1, 0.15) is 18.9 Å². The zero-order valence-electron chi connectivity index (χ0n) is 9.83. The molecule has 1 aromatic carbocycles. The molecular weight excluding hydrogens is 200 g/mol. The van der Waals surface area contributed by atoms with Crippen LogP contribution in [0, 0.1) is 5.92 Å². The number of fused-ring (bicyclic) bond motifs is 1. The third-order valence-electron chi connectivity index (χ3n) is 3.06. The van der Waals surface area contributed by atoms with Crippen LogP contribution in [-0.2, 0) is 6.42 Å². The average molecular weight is 220 g/mol. The number of anilines is 1. The van der Waals surface area contributed by atoms with Crippen molar-refractivity contribution < 1.29 is 4.74 Å². The lowest BCUT2D eigenvalue weighted by Gasteiger charge is -2.11. The first kappa shape index (κ1) is 11.3. The summed E-state index contributed by atoms with van der Waals surface area (Å²) in [5.74, 6) is 1.63. The largest absolute Gasteiger partial charge is 0.493 e. The average Bonchev–Trinajstić information content (AvgIpc) is 2.76. The van der Waals surface area contributed by atoms with Crippen LogP contribution in [0.2, 0.25) is 0 Å². The predicted octanol–water partition coefficient (Wildman–Crippen LogP) is 2.02. The van der Waals surface area contributed by atoms with Crippen molar-refractivity contribution in [1.82, 2.24) is 0 Å². The standard InChI is InChI=1S/C13H20N2O/c1-10(9-14)4-6-15-12-2-3-13-11(8-12)5-7-16-13/h2-3,8,10,15H,4-7,9,14H2,1H3. The molecule has 3 heteroatoms.